The summed E-state index contributed by atoms with van der Waals surface area (Å²) in [7, 11) is 0. The first-order chi connectivity index (χ1) is 12.6. The normalized spacial score (nSPS) is 11.9. The molecule has 2 rings (SSSR count). The van der Waals surface area contributed by atoms with E-state index >= 15 is 0 Å². The number of nitrogens with one attached hydrogen (secondary N) is 1. The predicted octanol–water partition coefficient (Wildman–Crippen LogP) is 1.31. The number of alkyl halides is 3. The van der Waals surface area contributed by atoms with Crippen LogP contribution < -0.4 is 15.9 Å². The Morgan fingerprint density at radius 1 is 1.26 bits per heavy atom. The molecule has 0 aliphatic heterocycles. The molecular weight excluding hydrogens is 367 g/mol. The molecule has 1 aromatic heterocycles. The first-order valence-electron chi connectivity index (χ1n) is 7.60. The minimum atomic E-state index is -4.57. The second-order valence-electron chi connectivity index (χ2n) is 5.41. The van der Waals surface area contributed by atoms with Gasteiger partial charge in [-0.1, -0.05) is 0 Å². The summed E-state index contributed by atoms with van der Waals surface area (Å²) >= 11 is 0. The van der Waals surface area contributed by atoms with Crippen LogP contribution in [0.15, 0.2) is 41.6 Å². The highest BCUT2D eigenvalue weighted by atomic mass is 19.4. The Morgan fingerprint density at radius 3 is 2.48 bits per heavy atom. The fourth-order valence-electron chi connectivity index (χ4n) is 1.94. The van der Waals surface area contributed by atoms with Gasteiger partial charge >= 0.3 is 6.18 Å². The predicted molar refractivity (Wildman–Crippen MR) is 88.7 cm³/mol. The molecule has 0 spiro atoms. The van der Waals surface area contributed by atoms with Gasteiger partial charge in [0.1, 0.15) is 12.3 Å². The first kappa shape index (κ1) is 19.9. The molecule has 0 bridgehead atoms. The van der Waals surface area contributed by atoms with E-state index in [4.69, 9.17) is 10.5 Å². The van der Waals surface area contributed by atoms with E-state index in [1.54, 1.807) is 31.2 Å². The van der Waals surface area contributed by atoms with Crippen LogP contribution in [0.1, 0.15) is 18.2 Å². The molecular formula is C16H16F3N5O3. The van der Waals surface area contributed by atoms with Crippen LogP contribution in [0.4, 0.5) is 13.2 Å². The van der Waals surface area contributed by atoms with Crippen molar-refractivity contribution in [3.63, 3.8) is 0 Å². The van der Waals surface area contributed by atoms with Crippen LogP contribution in [0.5, 0.6) is 5.75 Å². The lowest BCUT2D eigenvalue weighted by molar-refractivity contribution is -0.141. The Bertz CT molecular complexity index is 844. The van der Waals surface area contributed by atoms with Crippen molar-refractivity contribution in [3.8, 4) is 5.75 Å². The van der Waals surface area contributed by atoms with Crippen molar-refractivity contribution in [1.29, 1.82) is 0 Å². The van der Waals surface area contributed by atoms with E-state index in [-0.39, 0.29) is 6.61 Å². The van der Waals surface area contributed by atoms with E-state index in [2.05, 4.69) is 15.6 Å². The first-order valence-corrected chi connectivity index (χ1v) is 7.60. The minimum absolute atomic E-state index is 0.244. The average molecular weight is 383 g/mol. The Balaban J connectivity index is 1.91. The molecule has 0 saturated carbocycles. The van der Waals surface area contributed by atoms with Crippen molar-refractivity contribution in [1.82, 2.24) is 15.2 Å². The number of ether oxygens (including phenoxy) is 1. The molecule has 3 N–H and O–H groups in total. The second-order valence-corrected chi connectivity index (χ2v) is 5.41. The van der Waals surface area contributed by atoms with Crippen LogP contribution in [0, 0.1) is 0 Å². The molecule has 27 heavy (non-hydrogen) atoms. The number of rotatable bonds is 7. The number of benzene rings is 1. The summed E-state index contributed by atoms with van der Waals surface area (Å²) in [5, 5.41) is 7.17. The van der Waals surface area contributed by atoms with Gasteiger partial charge in [0.05, 0.1) is 5.71 Å². The van der Waals surface area contributed by atoms with E-state index in [0.29, 0.717) is 17.0 Å². The Morgan fingerprint density at radius 2 is 1.93 bits per heavy atom. The number of halogens is 3. The zero-order chi connectivity index (χ0) is 20.0. The third-order valence-electron chi connectivity index (χ3n) is 3.24. The van der Waals surface area contributed by atoms with Gasteiger partial charge in [0, 0.05) is 6.20 Å². The van der Waals surface area contributed by atoms with Crippen molar-refractivity contribution >= 4 is 17.5 Å². The molecule has 0 atom stereocenters. The molecule has 0 unspecified atom stereocenters. The lowest BCUT2D eigenvalue weighted by Crippen LogP contribution is -2.24. The van der Waals surface area contributed by atoms with Gasteiger partial charge in [0.25, 0.3) is 11.8 Å². The number of amides is 2. The lowest BCUT2D eigenvalue weighted by Gasteiger charge is -2.06. The van der Waals surface area contributed by atoms with Crippen LogP contribution in [0.2, 0.25) is 0 Å². The average Bonchev–Trinajstić information content (AvgIpc) is 3.07. The molecule has 0 radical (unpaired) electrons. The van der Waals surface area contributed by atoms with E-state index in [1.165, 1.54) is 0 Å². The van der Waals surface area contributed by atoms with Gasteiger partial charge in [-0.2, -0.15) is 23.4 Å². The van der Waals surface area contributed by atoms with Gasteiger partial charge in [-0.3, -0.25) is 14.3 Å². The fraction of sp³-hybridized carbons (Fsp3) is 0.250. The molecule has 0 fully saturated rings. The standard InChI is InChI=1S/C16H16F3N5O3/c1-10(11-2-4-12(5-3-11)27-9-14(20)25)21-22-15(26)8-24-7-6-13(23-24)16(17,18)19/h2-7H,8-9H2,1H3,(H2,20,25)(H,22,26)/b21-10+. The summed E-state index contributed by atoms with van der Waals surface area (Å²) in [5.41, 5.74) is 7.28. The number of hydrogen-bond donors (Lipinski definition) is 2. The molecule has 144 valence electrons. The van der Waals surface area contributed by atoms with Gasteiger partial charge in [0.2, 0.25) is 0 Å². The molecule has 0 aliphatic rings. The van der Waals surface area contributed by atoms with E-state index in [9.17, 15) is 22.8 Å². The van der Waals surface area contributed by atoms with Crippen molar-refractivity contribution in [3.05, 3.63) is 47.8 Å². The van der Waals surface area contributed by atoms with Gasteiger partial charge in [-0.15, -0.1) is 0 Å². The third kappa shape index (κ3) is 6.13. The second kappa shape index (κ2) is 8.34. The molecule has 0 aliphatic carbocycles. The monoisotopic (exact) mass is 383 g/mol. The number of carbonyl (C=O) groups excluding carboxylic acids is 2. The highest BCUT2D eigenvalue weighted by Gasteiger charge is 2.33. The summed E-state index contributed by atoms with van der Waals surface area (Å²) in [6, 6.07) is 7.29. The molecule has 11 heteroatoms. The smallest absolute Gasteiger partial charge is 0.435 e. The van der Waals surface area contributed by atoms with E-state index < -0.39 is 30.2 Å². The van der Waals surface area contributed by atoms with Crippen molar-refractivity contribution in [2.75, 3.05) is 6.61 Å². The third-order valence-corrected chi connectivity index (χ3v) is 3.24. The molecule has 0 saturated heterocycles. The summed E-state index contributed by atoms with van der Waals surface area (Å²) in [4.78, 5) is 22.4. The zero-order valence-electron chi connectivity index (χ0n) is 14.2. The topological polar surface area (TPSA) is 112 Å². The number of primary amides is 1. The van der Waals surface area contributed by atoms with Crippen LogP contribution in [0.3, 0.4) is 0 Å². The maximum absolute atomic E-state index is 12.5. The number of carbonyl (C=O) groups is 2. The molecule has 1 aromatic carbocycles. The van der Waals surface area contributed by atoms with Crippen LogP contribution in [-0.4, -0.2) is 33.9 Å². The summed E-state index contributed by atoms with van der Waals surface area (Å²) in [5.74, 6) is -0.791. The van der Waals surface area contributed by atoms with Crippen molar-refractivity contribution in [2.45, 2.75) is 19.6 Å². The van der Waals surface area contributed by atoms with Crippen molar-refractivity contribution < 1.29 is 27.5 Å². The number of hydrogen-bond acceptors (Lipinski definition) is 5. The molecule has 8 nitrogen and oxygen atoms in total. The Labute approximate surface area is 151 Å². The van der Waals surface area contributed by atoms with Gasteiger partial charge < -0.3 is 10.5 Å². The molecule has 2 amide bonds. The Kier molecular flexibility index (Phi) is 6.16. The van der Waals surface area contributed by atoms with Gasteiger partial charge in [0.15, 0.2) is 12.3 Å². The highest BCUT2D eigenvalue weighted by molar-refractivity contribution is 5.99. The Hall–Kier alpha value is -3.37. The summed E-state index contributed by atoms with van der Waals surface area (Å²) in [6.07, 6.45) is -3.51. The largest absolute Gasteiger partial charge is 0.484 e. The van der Waals surface area contributed by atoms with Crippen LogP contribution in [0.25, 0.3) is 0 Å². The van der Waals surface area contributed by atoms with E-state index in [0.717, 1.165) is 16.9 Å². The minimum Gasteiger partial charge on any atom is -0.484 e. The number of nitrogens with zero attached hydrogens (tertiary/aromatic N) is 3. The van der Waals surface area contributed by atoms with Gasteiger partial charge in [-0.05, 0) is 42.8 Å². The molecule has 1 heterocycles. The molecule has 2 aromatic rings. The SMILES string of the molecule is C/C(=N\NC(=O)Cn1ccc(C(F)(F)F)n1)c1ccc(OCC(N)=O)cc1. The number of aromatic nitrogens is 2. The maximum atomic E-state index is 12.5. The van der Waals surface area contributed by atoms with Crippen LogP contribution in [-0.2, 0) is 22.3 Å². The maximum Gasteiger partial charge on any atom is 0.435 e. The van der Waals surface area contributed by atoms with E-state index in [1.807, 2.05) is 0 Å². The lowest BCUT2D eigenvalue weighted by atomic mass is 10.1. The highest BCUT2D eigenvalue weighted by Crippen LogP contribution is 2.27. The zero-order valence-corrected chi connectivity index (χ0v) is 14.2. The number of nitrogens with two attached hydrogens (primary N) is 1. The van der Waals surface area contributed by atoms with Crippen molar-refractivity contribution in [2.24, 2.45) is 10.8 Å². The fourth-order valence-corrected chi connectivity index (χ4v) is 1.94. The summed E-state index contributed by atoms with van der Waals surface area (Å²) < 4.78 is 43.4. The summed E-state index contributed by atoms with van der Waals surface area (Å²) in [6.45, 7) is 0.980. The van der Waals surface area contributed by atoms with Gasteiger partial charge in [-0.25, -0.2) is 5.43 Å². The number of hydrazone groups is 1. The van der Waals surface area contributed by atoms with Crippen LogP contribution >= 0.6 is 0 Å². The quantitative estimate of drug-likeness (QED) is 0.554.